The van der Waals surface area contributed by atoms with Gasteiger partial charge in [0.15, 0.2) is 0 Å². The van der Waals surface area contributed by atoms with Gasteiger partial charge in [-0.05, 0) is 18.5 Å². The average molecular weight is 227 g/mol. The molecular weight excluding hydrogens is 214 g/mol. The molecule has 17 heavy (non-hydrogen) atoms. The van der Waals surface area contributed by atoms with E-state index in [0.29, 0.717) is 6.54 Å². The molecule has 1 aliphatic heterocycles. The van der Waals surface area contributed by atoms with E-state index >= 15 is 0 Å². The highest BCUT2D eigenvalue weighted by Crippen LogP contribution is 2.23. The number of nitrogens with zero attached hydrogens (tertiary/aromatic N) is 1. The van der Waals surface area contributed by atoms with Crippen molar-refractivity contribution >= 4 is 0 Å². The Labute approximate surface area is 98.7 Å². The molecule has 86 valence electrons. The summed E-state index contributed by atoms with van der Waals surface area (Å²) in [4.78, 5) is 11.7. The van der Waals surface area contributed by atoms with Gasteiger partial charge in [-0.15, -0.1) is 0 Å². The van der Waals surface area contributed by atoms with Gasteiger partial charge in [-0.25, -0.2) is 5.10 Å². The first kappa shape index (κ1) is 10.2. The van der Waals surface area contributed by atoms with Crippen LogP contribution < -0.4 is 10.9 Å². The standard InChI is InChI=1S/C13H13N3O/c17-13-11-8-14-7-6-10(11)12(15-16-13)9-4-2-1-3-5-9/h1-5,14H,6-8H2,(H,16,17). The van der Waals surface area contributed by atoms with Crippen molar-refractivity contribution in [3.63, 3.8) is 0 Å². The summed E-state index contributed by atoms with van der Waals surface area (Å²) in [5, 5.41) is 9.99. The molecule has 0 amide bonds. The number of nitrogens with one attached hydrogen (secondary N) is 2. The Morgan fingerprint density at radius 2 is 1.94 bits per heavy atom. The van der Waals surface area contributed by atoms with Crippen molar-refractivity contribution in [1.29, 1.82) is 0 Å². The summed E-state index contributed by atoms with van der Waals surface area (Å²) >= 11 is 0. The second-order valence-corrected chi connectivity index (χ2v) is 4.15. The van der Waals surface area contributed by atoms with Crippen LogP contribution in [0.15, 0.2) is 35.1 Å². The van der Waals surface area contributed by atoms with Gasteiger partial charge in [-0.3, -0.25) is 4.79 Å². The van der Waals surface area contributed by atoms with Gasteiger partial charge in [0.05, 0.1) is 5.69 Å². The highest BCUT2D eigenvalue weighted by molar-refractivity contribution is 5.64. The molecule has 0 bridgehead atoms. The van der Waals surface area contributed by atoms with Crippen LogP contribution in [0.5, 0.6) is 0 Å². The van der Waals surface area contributed by atoms with E-state index in [0.717, 1.165) is 35.3 Å². The van der Waals surface area contributed by atoms with Gasteiger partial charge in [0.1, 0.15) is 0 Å². The number of H-pyrrole nitrogens is 1. The molecule has 0 saturated carbocycles. The van der Waals surface area contributed by atoms with Crippen LogP contribution in [0, 0.1) is 0 Å². The average Bonchev–Trinajstić information content (AvgIpc) is 2.41. The Bertz CT molecular complexity index is 589. The highest BCUT2D eigenvalue weighted by atomic mass is 16.1. The molecule has 0 fully saturated rings. The quantitative estimate of drug-likeness (QED) is 0.766. The third kappa shape index (κ3) is 1.76. The first-order chi connectivity index (χ1) is 8.36. The molecule has 0 radical (unpaired) electrons. The van der Waals surface area contributed by atoms with Crippen molar-refractivity contribution in [3.05, 3.63) is 51.8 Å². The first-order valence-electron chi connectivity index (χ1n) is 5.73. The van der Waals surface area contributed by atoms with Crippen LogP contribution in [0.25, 0.3) is 11.3 Å². The topological polar surface area (TPSA) is 57.8 Å². The fourth-order valence-electron chi connectivity index (χ4n) is 2.24. The van der Waals surface area contributed by atoms with Crippen LogP contribution >= 0.6 is 0 Å². The van der Waals surface area contributed by atoms with Crippen molar-refractivity contribution in [3.8, 4) is 11.3 Å². The predicted molar refractivity (Wildman–Crippen MR) is 65.7 cm³/mol. The van der Waals surface area contributed by atoms with Crippen LogP contribution in [-0.4, -0.2) is 16.7 Å². The summed E-state index contributed by atoms with van der Waals surface area (Å²) in [6.07, 6.45) is 0.858. The maximum Gasteiger partial charge on any atom is 0.268 e. The lowest BCUT2D eigenvalue weighted by Gasteiger charge is -2.18. The molecule has 4 nitrogen and oxygen atoms in total. The molecule has 0 atom stereocenters. The molecule has 0 unspecified atom stereocenters. The SMILES string of the molecule is O=c1[nH]nc(-c2ccccc2)c2c1CNCC2. The number of hydrogen-bond acceptors (Lipinski definition) is 3. The number of aromatic nitrogens is 2. The smallest absolute Gasteiger partial charge is 0.268 e. The lowest BCUT2D eigenvalue weighted by Crippen LogP contribution is -2.31. The Hall–Kier alpha value is -1.94. The Balaban J connectivity index is 2.22. The Kier molecular flexibility index (Phi) is 2.49. The van der Waals surface area contributed by atoms with Gasteiger partial charge >= 0.3 is 0 Å². The van der Waals surface area contributed by atoms with E-state index in [9.17, 15) is 4.79 Å². The molecule has 2 aromatic rings. The van der Waals surface area contributed by atoms with Crippen LogP contribution in [0.2, 0.25) is 0 Å². The molecule has 1 aromatic heterocycles. The van der Waals surface area contributed by atoms with E-state index < -0.39 is 0 Å². The number of benzene rings is 1. The van der Waals surface area contributed by atoms with E-state index in [1.54, 1.807) is 0 Å². The highest BCUT2D eigenvalue weighted by Gasteiger charge is 2.17. The zero-order valence-corrected chi connectivity index (χ0v) is 9.36. The monoisotopic (exact) mass is 227 g/mol. The van der Waals surface area contributed by atoms with Gasteiger partial charge in [0.25, 0.3) is 5.56 Å². The predicted octanol–water partition coefficient (Wildman–Crippen LogP) is 1.08. The normalized spacial score (nSPS) is 14.4. The van der Waals surface area contributed by atoms with E-state index in [1.165, 1.54) is 0 Å². The van der Waals surface area contributed by atoms with Crippen LogP contribution in [-0.2, 0) is 13.0 Å². The van der Waals surface area contributed by atoms with Crippen LogP contribution in [0.4, 0.5) is 0 Å². The minimum atomic E-state index is -0.0770. The lowest BCUT2D eigenvalue weighted by molar-refractivity contribution is 0.630. The van der Waals surface area contributed by atoms with Crippen molar-refractivity contribution in [2.75, 3.05) is 6.54 Å². The fourth-order valence-corrected chi connectivity index (χ4v) is 2.24. The molecule has 1 aliphatic rings. The molecule has 0 aliphatic carbocycles. The molecule has 2 heterocycles. The van der Waals surface area contributed by atoms with Crippen molar-refractivity contribution in [2.24, 2.45) is 0 Å². The van der Waals surface area contributed by atoms with E-state index in [4.69, 9.17) is 0 Å². The number of fused-ring (bicyclic) bond motifs is 1. The van der Waals surface area contributed by atoms with Crippen LogP contribution in [0.3, 0.4) is 0 Å². The summed E-state index contributed by atoms with van der Waals surface area (Å²) in [6, 6.07) is 9.97. The molecule has 3 rings (SSSR count). The van der Waals surface area contributed by atoms with Gasteiger partial charge in [-0.1, -0.05) is 30.3 Å². The second kappa shape index (κ2) is 4.14. The number of aromatic amines is 1. The molecule has 4 heteroatoms. The fraction of sp³-hybridized carbons (Fsp3) is 0.231. The van der Waals surface area contributed by atoms with Crippen molar-refractivity contribution < 1.29 is 0 Å². The zero-order valence-electron chi connectivity index (χ0n) is 9.36. The third-order valence-electron chi connectivity index (χ3n) is 3.09. The zero-order chi connectivity index (χ0) is 11.7. The van der Waals surface area contributed by atoms with Crippen molar-refractivity contribution in [1.82, 2.24) is 15.5 Å². The molecule has 1 aromatic carbocycles. The molecule has 2 N–H and O–H groups in total. The summed E-state index contributed by atoms with van der Waals surface area (Å²) in [6.45, 7) is 1.53. The second-order valence-electron chi connectivity index (χ2n) is 4.15. The van der Waals surface area contributed by atoms with E-state index in [2.05, 4.69) is 15.5 Å². The Morgan fingerprint density at radius 1 is 1.12 bits per heavy atom. The molecule has 0 spiro atoms. The minimum absolute atomic E-state index is 0.0770. The summed E-state index contributed by atoms with van der Waals surface area (Å²) in [5.74, 6) is 0. The van der Waals surface area contributed by atoms with Gasteiger partial charge in [0.2, 0.25) is 0 Å². The van der Waals surface area contributed by atoms with E-state index in [-0.39, 0.29) is 5.56 Å². The van der Waals surface area contributed by atoms with Crippen LogP contribution in [0.1, 0.15) is 11.1 Å². The van der Waals surface area contributed by atoms with Gasteiger partial charge in [-0.2, -0.15) is 5.10 Å². The summed E-state index contributed by atoms with van der Waals surface area (Å²) in [7, 11) is 0. The Morgan fingerprint density at radius 3 is 2.76 bits per heavy atom. The third-order valence-corrected chi connectivity index (χ3v) is 3.09. The largest absolute Gasteiger partial charge is 0.312 e. The van der Waals surface area contributed by atoms with Gasteiger partial charge in [0, 0.05) is 17.7 Å². The summed E-state index contributed by atoms with van der Waals surface area (Å²) < 4.78 is 0. The maximum absolute atomic E-state index is 11.7. The molecule has 0 saturated heterocycles. The van der Waals surface area contributed by atoms with Crippen molar-refractivity contribution in [2.45, 2.75) is 13.0 Å². The first-order valence-corrected chi connectivity index (χ1v) is 5.73. The maximum atomic E-state index is 11.7. The lowest BCUT2D eigenvalue weighted by atomic mass is 9.97. The minimum Gasteiger partial charge on any atom is -0.312 e. The van der Waals surface area contributed by atoms with E-state index in [1.807, 2.05) is 30.3 Å². The number of rotatable bonds is 1. The number of hydrogen-bond donors (Lipinski definition) is 2. The van der Waals surface area contributed by atoms with Gasteiger partial charge < -0.3 is 5.32 Å². The summed E-state index contributed by atoms with van der Waals surface area (Å²) in [5.41, 5.74) is 3.79. The molecular formula is C13H13N3O.